The van der Waals surface area contributed by atoms with Crippen molar-refractivity contribution in [1.82, 2.24) is 4.57 Å². The summed E-state index contributed by atoms with van der Waals surface area (Å²) in [4.78, 5) is 4.72. The van der Waals surface area contributed by atoms with Crippen LogP contribution in [0, 0.1) is 0 Å². The smallest absolute Gasteiger partial charge is 0.233 e. The second kappa shape index (κ2) is 7.25. The lowest BCUT2D eigenvalue weighted by Crippen LogP contribution is -2.10. The van der Waals surface area contributed by atoms with Gasteiger partial charge in [0.15, 0.2) is 0 Å². The summed E-state index contributed by atoms with van der Waals surface area (Å²) >= 11 is 7.79. The number of aromatic nitrogens is 1. The maximum Gasteiger partial charge on any atom is 0.233 e. The topological polar surface area (TPSA) is 26.5 Å². The van der Waals surface area contributed by atoms with Gasteiger partial charge < -0.3 is 9.30 Å². The van der Waals surface area contributed by atoms with Crippen molar-refractivity contribution in [3.63, 3.8) is 0 Å². The van der Waals surface area contributed by atoms with Crippen LogP contribution in [0.4, 0.5) is 0 Å². The minimum Gasteiger partial charge on any atom is -0.474 e. The van der Waals surface area contributed by atoms with Gasteiger partial charge in [-0.3, -0.25) is 0 Å². The van der Waals surface area contributed by atoms with Crippen LogP contribution in [0.15, 0.2) is 47.6 Å². The van der Waals surface area contributed by atoms with Crippen LogP contribution < -0.4 is 0 Å². The van der Waals surface area contributed by atoms with Gasteiger partial charge in [-0.15, -0.1) is 0 Å². The van der Waals surface area contributed by atoms with Gasteiger partial charge >= 0.3 is 0 Å². The van der Waals surface area contributed by atoms with E-state index in [1.165, 1.54) is 5.56 Å². The maximum absolute atomic E-state index is 5.94. The number of benzene rings is 1. The number of hydrogen-bond donors (Lipinski definition) is 0. The highest BCUT2D eigenvalue weighted by Crippen LogP contribution is 2.18. The molecule has 1 aliphatic rings. The fourth-order valence-electron chi connectivity index (χ4n) is 2.49. The molecular weight excluding hydrogens is 316 g/mol. The van der Waals surface area contributed by atoms with Gasteiger partial charge in [-0.1, -0.05) is 23.7 Å². The highest BCUT2D eigenvalue weighted by molar-refractivity contribution is 7.98. The summed E-state index contributed by atoms with van der Waals surface area (Å²) in [5.74, 6) is 1.89. The number of ether oxygens (including phenoxy) is 1. The number of aliphatic imine (C=N–C) groups is 1. The first-order valence-electron chi connectivity index (χ1n) is 7.36. The molecule has 1 atom stereocenters. The molecular formula is C17H19ClN2OS. The van der Waals surface area contributed by atoms with Gasteiger partial charge in [0.25, 0.3) is 0 Å². The van der Waals surface area contributed by atoms with E-state index in [-0.39, 0.29) is 0 Å². The molecule has 116 valence electrons. The lowest BCUT2D eigenvalue weighted by Gasteiger charge is -2.09. The predicted octanol–water partition coefficient (Wildman–Crippen LogP) is 4.09. The first-order chi connectivity index (χ1) is 10.8. The van der Waals surface area contributed by atoms with Crippen LogP contribution in [-0.4, -0.2) is 35.1 Å². The standard InChI is InChI=1S/C17H19ClN2OS/c1-22-10-8-15-12-21-17(19-15)16-3-2-9-20(16)11-13-4-6-14(18)7-5-13/h2-7,9,15H,8,10-12H2,1H3/t15-/m0/s1. The van der Waals surface area contributed by atoms with Crippen molar-refractivity contribution < 1.29 is 4.74 Å². The normalized spacial score (nSPS) is 17.4. The van der Waals surface area contributed by atoms with E-state index in [2.05, 4.69) is 23.1 Å². The summed E-state index contributed by atoms with van der Waals surface area (Å²) in [7, 11) is 0. The zero-order valence-corrected chi connectivity index (χ0v) is 14.1. The fourth-order valence-corrected chi connectivity index (χ4v) is 3.12. The van der Waals surface area contributed by atoms with E-state index in [0.717, 1.165) is 35.3 Å². The molecule has 0 N–H and O–H groups in total. The Morgan fingerprint density at radius 1 is 1.32 bits per heavy atom. The van der Waals surface area contributed by atoms with Crippen molar-refractivity contribution >= 4 is 29.3 Å². The lowest BCUT2D eigenvalue weighted by molar-refractivity contribution is 0.314. The Balaban J connectivity index is 1.73. The van der Waals surface area contributed by atoms with E-state index in [1.807, 2.05) is 42.1 Å². The molecule has 0 fully saturated rings. The Bertz CT molecular complexity index is 651. The van der Waals surface area contributed by atoms with Gasteiger partial charge in [-0.05, 0) is 48.3 Å². The maximum atomic E-state index is 5.94. The molecule has 0 saturated carbocycles. The summed E-state index contributed by atoms with van der Waals surface area (Å²) in [5, 5.41) is 0.761. The Morgan fingerprint density at radius 3 is 2.91 bits per heavy atom. The minimum absolute atomic E-state index is 0.293. The van der Waals surface area contributed by atoms with E-state index >= 15 is 0 Å². The Morgan fingerprint density at radius 2 is 2.14 bits per heavy atom. The molecule has 1 aliphatic heterocycles. The van der Waals surface area contributed by atoms with Crippen LogP contribution >= 0.6 is 23.4 Å². The van der Waals surface area contributed by atoms with Crippen molar-refractivity contribution in [2.45, 2.75) is 19.0 Å². The molecule has 2 heterocycles. The molecule has 0 aliphatic carbocycles. The van der Waals surface area contributed by atoms with Crippen molar-refractivity contribution in [2.75, 3.05) is 18.6 Å². The van der Waals surface area contributed by atoms with E-state index in [1.54, 1.807) is 0 Å². The highest BCUT2D eigenvalue weighted by Gasteiger charge is 2.21. The zero-order chi connectivity index (χ0) is 15.4. The van der Waals surface area contributed by atoms with Gasteiger partial charge in [0.05, 0.1) is 6.04 Å². The van der Waals surface area contributed by atoms with E-state index in [0.29, 0.717) is 12.6 Å². The van der Waals surface area contributed by atoms with E-state index in [9.17, 15) is 0 Å². The van der Waals surface area contributed by atoms with Gasteiger partial charge in [0.2, 0.25) is 5.90 Å². The molecule has 0 saturated heterocycles. The molecule has 0 spiro atoms. The zero-order valence-electron chi connectivity index (χ0n) is 12.5. The molecule has 1 aromatic carbocycles. The summed E-state index contributed by atoms with van der Waals surface area (Å²) in [6.07, 6.45) is 5.26. The molecule has 3 rings (SSSR count). The third-order valence-electron chi connectivity index (χ3n) is 3.68. The summed E-state index contributed by atoms with van der Waals surface area (Å²) < 4.78 is 7.97. The van der Waals surface area contributed by atoms with Crippen molar-refractivity contribution in [1.29, 1.82) is 0 Å². The highest BCUT2D eigenvalue weighted by atomic mass is 35.5. The first kappa shape index (κ1) is 15.5. The molecule has 0 unspecified atom stereocenters. The second-order valence-electron chi connectivity index (χ2n) is 5.33. The van der Waals surface area contributed by atoms with Crippen LogP contribution in [0.5, 0.6) is 0 Å². The van der Waals surface area contributed by atoms with Gasteiger partial charge in [-0.2, -0.15) is 11.8 Å². The van der Waals surface area contributed by atoms with Crippen molar-refractivity contribution in [2.24, 2.45) is 4.99 Å². The molecule has 1 aromatic heterocycles. The van der Waals surface area contributed by atoms with Crippen LogP contribution in [0.2, 0.25) is 5.02 Å². The van der Waals surface area contributed by atoms with Crippen LogP contribution in [-0.2, 0) is 11.3 Å². The van der Waals surface area contributed by atoms with Crippen molar-refractivity contribution in [3.05, 3.63) is 58.9 Å². The van der Waals surface area contributed by atoms with E-state index < -0.39 is 0 Å². The number of nitrogens with zero attached hydrogens (tertiary/aromatic N) is 2. The Kier molecular flexibility index (Phi) is 5.11. The van der Waals surface area contributed by atoms with Crippen LogP contribution in [0.25, 0.3) is 0 Å². The van der Waals surface area contributed by atoms with Gasteiger partial charge in [-0.25, -0.2) is 4.99 Å². The molecule has 2 aromatic rings. The fraction of sp³-hybridized carbons (Fsp3) is 0.353. The average molecular weight is 335 g/mol. The summed E-state index contributed by atoms with van der Waals surface area (Å²) in [6, 6.07) is 12.3. The van der Waals surface area contributed by atoms with Crippen LogP contribution in [0.3, 0.4) is 0 Å². The number of thioether (sulfide) groups is 1. The third kappa shape index (κ3) is 3.68. The SMILES string of the molecule is CSCC[C@H]1COC(c2cccn2Cc2ccc(Cl)cc2)=N1. The molecule has 5 heteroatoms. The first-order valence-corrected chi connectivity index (χ1v) is 9.13. The third-order valence-corrected chi connectivity index (χ3v) is 4.58. The van der Waals surface area contributed by atoms with Gasteiger partial charge in [0.1, 0.15) is 12.3 Å². The molecule has 3 nitrogen and oxygen atoms in total. The summed E-state index contributed by atoms with van der Waals surface area (Å²) in [6.45, 7) is 1.49. The molecule has 0 radical (unpaired) electrons. The lowest BCUT2D eigenvalue weighted by atomic mass is 10.2. The number of rotatable bonds is 6. The quantitative estimate of drug-likeness (QED) is 0.795. The molecule has 0 bridgehead atoms. The predicted molar refractivity (Wildman–Crippen MR) is 94.3 cm³/mol. The van der Waals surface area contributed by atoms with Gasteiger partial charge in [0, 0.05) is 17.8 Å². The number of hydrogen-bond acceptors (Lipinski definition) is 3. The largest absolute Gasteiger partial charge is 0.474 e. The second-order valence-corrected chi connectivity index (χ2v) is 6.75. The van der Waals surface area contributed by atoms with Crippen LogP contribution in [0.1, 0.15) is 17.7 Å². The van der Waals surface area contributed by atoms with E-state index in [4.69, 9.17) is 21.3 Å². The Hall–Kier alpha value is -1.39. The molecule has 0 amide bonds. The number of halogens is 1. The average Bonchev–Trinajstić information content (AvgIpc) is 3.16. The summed E-state index contributed by atoms with van der Waals surface area (Å²) in [5.41, 5.74) is 2.25. The molecule has 22 heavy (non-hydrogen) atoms. The minimum atomic E-state index is 0.293. The van der Waals surface area contributed by atoms with Crippen molar-refractivity contribution in [3.8, 4) is 0 Å². The Labute approximate surface area is 140 Å². The monoisotopic (exact) mass is 334 g/mol.